The van der Waals surface area contributed by atoms with Crippen LogP contribution in [0.25, 0.3) is 0 Å². The topological polar surface area (TPSA) is 103 Å². The van der Waals surface area contributed by atoms with Crippen LogP contribution in [0.1, 0.15) is 27.3 Å². The number of carbonyl (C=O) groups is 2. The number of nitrogens with zero attached hydrogens (tertiary/aromatic N) is 5. The molecule has 0 spiro atoms. The highest BCUT2D eigenvalue weighted by atomic mass is 35.5. The number of hydrogen-bond donors (Lipinski definition) is 2. The molecule has 2 amide bonds. The summed E-state index contributed by atoms with van der Waals surface area (Å²) in [5, 5.41) is 5.95. The van der Waals surface area contributed by atoms with Crippen molar-refractivity contribution in [3.63, 3.8) is 0 Å². The summed E-state index contributed by atoms with van der Waals surface area (Å²) in [6, 6.07) is 9.96. The number of amides is 2. The molecular weight excluding hydrogens is 442 g/mol. The molecule has 4 heterocycles. The lowest BCUT2D eigenvalue weighted by atomic mass is 10.2. The fourth-order valence-electron chi connectivity index (χ4n) is 3.59. The van der Waals surface area contributed by atoms with Crippen molar-refractivity contribution in [1.29, 1.82) is 0 Å². The molecule has 0 bridgehead atoms. The highest BCUT2D eigenvalue weighted by molar-refractivity contribution is 6.30. The lowest BCUT2D eigenvalue weighted by Crippen LogP contribution is -2.31. The zero-order valence-electron chi connectivity index (χ0n) is 18.2. The predicted molar refractivity (Wildman–Crippen MR) is 128 cm³/mol. The molecule has 170 valence electrons. The van der Waals surface area contributed by atoms with Crippen LogP contribution in [-0.4, -0.2) is 64.9 Å². The molecule has 0 unspecified atom stereocenters. The Morgan fingerprint density at radius 3 is 2.55 bits per heavy atom. The Hall–Kier alpha value is -3.56. The molecule has 33 heavy (non-hydrogen) atoms. The summed E-state index contributed by atoms with van der Waals surface area (Å²) in [6.45, 7) is 3.49. The van der Waals surface area contributed by atoms with Crippen LogP contribution in [0.4, 0.5) is 17.3 Å². The smallest absolute Gasteiger partial charge is 0.277 e. The maximum absolute atomic E-state index is 13.2. The number of anilines is 3. The summed E-state index contributed by atoms with van der Waals surface area (Å²) in [5.41, 5.74) is 0.806. The molecule has 3 aromatic rings. The zero-order valence-corrected chi connectivity index (χ0v) is 18.9. The van der Waals surface area contributed by atoms with Gasteiger partial charge in [-0.05, 0) is 56.4 Å². The molecule has 0 saturated carbocycles. The van der Waals surface area contributed by atoms with Crippen LogP contribution in [0.2, 0.25) is 5.02 Å². The summed E-state index contributed by atoms with van der Waals surface area (Å²) >= 11 is 5.85. The van der Waals surface area contributed by atoms with Gasteiger partial charge in [-0.1, -0.05) is 11.6 Å². The molecule has 2 N–H and O–H groups in total. The normalized spacial score (nSPS) is 14.4. The van der Waals surface area contributed by atoms with Gasteiger partial charge in [-0.3, -0.25) is 9.59 Å². The van der Waals surface area contributed by atoms with E-state index < -0.39 is 5.91 Å². The van der Waals surface area contributed by atoms with Gasteiger partial charge in [-0.15, -0.1) is 0 Å². The summed E-state index contributed by atoms with van der Waals surface area (Å²) in [6.07, 6.45) is 5.59. The van der Waals surface area contributed by atoms with Crippen LogP contribution < -0.4 is 15.5 Å². The Labute approximate surface area is 196 Å². The second-order valence-corrected chi connectivity index (χ2v) is 8.12. The van der Waals surface area contributed by atoms with Gasteiger partial charge < -0.3 is 20.4 Å². The van der Waals surface area contributed by atoms with Gasteiger partial charge in [0.1, 0.15) is 11.6 Å². The maximum Gasteiger partial charge on any atom is 0.277 e. The largest absolute Gasteiger partial charge is 0.355 e. The minimum absolute atomic E-state index is 0.0736. The molecule has 10 heteroatoms. The van der Waals surface area contributed by atoms with Crippen LogP contribution in [-0.2, 0) is 0 Å². The third-order valence-corrected chi connectivity index (χ3v) is 5.51. The standard InChI is InChI=1S/C23H24ClN7O2/c1-30-11-4-12-31(14-13-30)21-17(5-2-10-26-21)22(32)28-18-6-3-9-25-20(18)23(33)29-19-8-7-16(24)15-27-19/h2-3,5-10,15H,4,11-14H2,1H3,(H,28,32)(H,27,29,33). The van der Waals surface area contributed by atoms with Crippen molar-refractivity contribution in [2.75, 3.05) is 48.8 Å². The van der Waals surface area contributed by atoms with Gasteiger partial charge >= 0.3 is 0 Å². The second-order valence-electron chi connectivity index (χ2n) is 7.69. The first-order valence-electron chi connectivity index (χ1n) is 10.6. The Kier molecular flexibility index (Phi) is 7.11. The van der Waals surface area contributed by atoms with Gasteiger partial charge in [0.2, 0.25) is 0 Å². The average Bonchev–Trinajstić information content (AvgIpc) is 3.05. The van der Waals surface area contributed by atoms with Gasteiger partial charge in [-0.2, -0.15) is 0 Å². The van der Waals surface area contributed by atoms with E-state index >= 15 is 0 Å². The third kappa shape index (κ3) is 5.63. The number of likely N-dealkylation sites (N-methyl/N-ethyl adjacent to an activating group) is 1. The van der Waals surface area contributed by atoms with E-state index in [1.807, 2.05) is 0 Å². The van der Waals surface area contributed by atoms with Crippen molar-refractivity contribution in [1.82, 2.24) is 19.9 Å². The molecule has 1 fully saturated rings. The van der Waals surface area contributed by atoms with Crippen molar-refractivity contribution in [3.8, 4) is 0 Å². The van der Waals surface area contributed by atoms with E-state index in [-0.39, 0.29) is 11.6 Å². The summed E-state index contributed by atoms with van der Waals surface area (Å²) in [5.74, 6) is 0.101. The van der Waals surface area contributed by atoms with Crippen molar-refractivity contribution >= 4 is 40.7 Å². The Bertz CT molecular complexity index is 1140. The zero-order chi connectivity index (χ0) is 23.2. The van der Waals surface area contributed by atoms with Crippen molar-refractivity contribution in [2.24, 2.45) is 0 Å². The lowest BCUT2D eigenvalue weighted by molar-refractivity contribution is 0.102. The summed E-state index contributed by atoms with van der Waals surface area (Å²) in [4.78, 5) is 43.1. The highest BCUT2D eigenvalue weighted by Gasteiger charge is 2.22. The van der Waals surface area contributed by atoms with E-state index in [1.54, 1.807) is 42.6 Å². The van der Waals surface area contributed by atoms with Crippen LogP contribution in [0.3, 0.4) is 0 Å². The molecule has 0 aliphatic carbocycles. The average molecular weight is 466 g/mol. The SMILES string of the molecule is CN1CCCN(c2ncccc2C(=O)Nc2cccnc2C(=O)Nc2ccc(Cl)cn2)CC1. The van der Waals surface area contributed by atoms with E-state index in [4.69, 9.17) is 11.6 Å². The van der Waals surface area contributed by atoms with Gasteiger partial charge in [0.05, 0.1) is 16.3 Å². The number of nitrogens with one attached hydrogen (secondary N) is 2. The van der Waals surface area contributed by atoms with Gasteiger partial charge in [0.25, 0.3) is 11.8 Å². The first kappa shape index (κ1) is 22.6. The summed E-state index contributed by atoms with van der Waals surface area (Å²) < 4.78 is 0. The molecule has 1 aliphatic rings. The molecular formula is C23H24ClN7O2. The van der Waals surface area contributed by atoms with Crippen LogP contribution in [0.15, 0.2) is 55.0 Å². The second kappa shape index (κ2) is 10.4. The predicted octanol–water partition coefficient (Wildman–Crippen LogP) is 3.17. The van der Waals surface area contributed by atoms with E-state index in [2.05, 4.69) is 42.4 Å². The molecule has 1 aliphatic heterocycles. The van der Waals surface area contributed by atoms with E-state index in [9.17, 15) is 9.59 Å². The number of aromatic nitrogens is 3. The first-order chi connectivity index (χ1) is 16.0. The van der Waals surface area contributed by atoms with Crippen LogP contribution in [0, 0.1) is 0 Å². The number of halogens is 1. The fourth-order valence-corrected chi connectivity index (χ4v) is 3.70. The molecule has 0 aromatic carbocycles. The lowest BCUT2D eigenvalue weighted by Gasteiger charge is -2.23. The Morgan fingerprint density at radius 1 is 0.909 bits per heavy atom. The quantitative estimate of drug-likeness (QED) is 0.596. The van der Waals surface area contributed by atoms with E-state index in [0.717, 1.165) is 32.6 Å². The molecule has 3 aromatic heterocycles. The molecule has 4 rings (SSSR count). The van der Waals surface area contributed by atoms with Crippen molar-refractivity contribution in [2.45, 2.75) is 6.42 Å². The fraction of sp³-hybridized carbons (Fsp3) is 0.261. The monoisotopic (exact) mass is 465 g/mol. The first-order valence-corrected chi connectivity index (χ1v) is 11.0. The third-order valence-electron chi connectivity index (χ3n) is 5.29. The van der Waals surface area contributed by atoms with Gasteiger partial charge in [-0.25, -0.2) is 15.0 Å². The maximum atomic E-state index is 13.2. The number of rotatable bonds is 5. The van der Waals surface area contributed by atoms with Gasteiger partial charge in [0, 0.05) is 38.2 Å². The van der Waals surface area contributed by atoms with E-state index in [0.29, 0.717) is 27.9 Å². The van der Waals surface area contributed by atoms with Gasteiger partial charge in [0.15, 0.2) is 5.69 Å². The molecule has 1 saturated heterocycles. The molecule has 0 atom stereocenters. The number of carbonyl (C=O) groups excluding carboxylic acids is 2. The summed E-state index contributed by atoms with van der Waals surface area (Å²) in [7, 11) is 2.09. The van der Waals surface area contributed by atoms with Crippen molar-refractivity contribution < 1.29 is 9.59 Å². The number of hydrogen-bond acceptors (Lipinski definition) is 7. The van der Waals surface area contributed by atoms with Crippen molar-refractivity contribution in [3.05, 3.63) is 71.3 Å². The minimum atomic E-state index is -0.498. The minimum Gasteiger partial charge on any atom is -0.355 e. The van der Waals surface area contributed by atoms with E-state index in [1.165, 1.54) is 12.4 Å². The Morgan fingerprint density at radius 2 is 1.73 bits per heavy atom. The molecule has 9 nitrogen and oxygen atoms in total. The highest BCUT2D eigenvalue weighted by Crippen LogP contribution is 2.22. The molecule has 0 radical (unpaired) electrons. The van der Waals surface area contributed by atoms with Crippen LogP contribution in [0.5, 0.6) is 0 Å². The van der Waals surface area contributed by atoms with Crippen LogP contribution >= 0.6 is 11.6 Å². The number of pyridine rings is 3. The Balaban J connectivity index is 1.54.